The lowest BCUT2D eigenvalue weighted by Crippen LogP contribution is -2.40. The molecule has 0 spiro atoms. The van der Waals surface area contributed by atoms with Crippen molar-refractivity contribution in [1.82, 2.24) is 4.90 Å². The summed E-state index contributed by atoms with van der Waals surface area (Å²) >= 11 is 0. The number of fused-ring (bicyclic) bond motifs is 2. The van der Waals surface area contributed by atoms with E-state index in [1.54, 1.807) is 0 Å². The Bertz CT molecular complexity index is 509. The molecule has 2 bridgehead atoms. The highest BCUT2D eigenvalue weighted by atomic mass is 16.4. The fourth-order valence-electron chi connectivity index (χ4n) is 3.87. The third-order valence-corrected chi connectivity index (χ3v) is 4.92. The lowest BCUT2D eigenvalue weighted by atomic mass is 9.81. The van der Waals surface area contributed by atoms with E-state index in [1.807, 2.05) is 30.3 Å². The molecular weight excluding hydrogens is 250 g/mol. The highest BCUT2D eigenvalue weighted by Gasteiger charge is 2.39. The van der Waals surface area contributed by atoms with Gasteiger partial charge in [-0.3, -0.25) is 0 Å². The molecule has 3 rings (SSSR count). The first-order valence-electron chi connectivity index (χ1n) is 7.37. The van der Waals surface area contributed by atoms with Crippen LogP contribution in [0.25, 0.3) is 5.57 Å². The topological polar surface area (TPSA) is 40.5 Å². The molecule has 1 N–H and O–H groups in total. The number of aliphatic carboxylic acids is 1. The zero-order valence-electron chi connectivity index (χ0n) is 11.8. The van der Waals surface area contributed by atoms with Crippen molar-refractivity contribution in [1.29, 1.82) is 0 Å². The van der Waals surface area contributed by atoms with Gasteiger partial charge in [0, 0.05) is 18.2 Å². The van der Waals surface area contributed by atoms with Gasteiger partial charge in [-0.05, 0) is 49.8 Å². The van der Waals surface area contributed by atoms with Crippen LogP contribution in [-0.4, -0.2) is 35.1 Å². The van der Waals surface area contributed by atoms with E-state index in [9.17, 15) is 9.90 Å². The maximum atomic E-state index is 11.2. The molecule has 3 heteroatoms. The molecule has 106 valence electrons. The summed E-state index contributed by atoms with van der Waals surface area (Å²) in [5.41, 5.74) is 2.06. The maximum absolute atomic E-state index is 11.2. The summed E-state index contributed by atoms with van der Waals surface area (Å²) in [5, 5.41) is 9.19. The molecule has 0 amide bonds. The van der Waals surface area contributed by atoms with Crippen LogP contribution in [0.3, 0.4) is 0 Å². The van der Waals surface area contributed by atoms with Crippen molar-refractivity contribution in [3.8, 4) is 0 Å². The molecule has 1 aromatic carbocycles. The Kier molecular flexibility index (Phi) is 3.62. The summed E-state index contributed by atoms with van der Waals surface area (Å²) < 4.78 is 0. The van der Waals surface area contributed by atoms with Gasteiger partial charge in [-0.1, -0.05) is 30.3 Å². The number of rotatable bonds is 3. The van der Waals surface area contributed by atoms with E-state index in [-0.39, 0.29) is 0 Å². The highest BCUT2D eigenvalue weighted by molar-refractivity contribution is 5.90. The molecule has 2 aliphatic rings. The van der Waals surface area contributed by atoms with Crippen molar-refractivity contribution in [2.45, 2.75) is 37.8 Å². The second kappa shape index (κ2) is 5.41. The predicted octanol–water partition coefficient (Wildman–Crippen LogP) is 3.03. The van der Waals surface area contributed by atoms with Gasteiger partial charge in [-0.25, -0.2) is 4.79 Å². The third kappa shape index (κ3) is 2.50. The maximum Gasteiger partial charge on any atom is 0.328 e. The number of hydrogen-bond donors (Lipinski definition) is 1. The van der Waals surface area contributed by atoms with Gasteiger partial charge in [0.05, 0.1) is 0 Å². The molecule has 0 aliphatic carbocycles. The van der Waals surface area contributed by atoms with Crippen molar-refractivity contribution in [2.24, 2.45) is 5.92 Å². The summed E-state index contributed by atoms with van der Waals surface area (Å²) in [6.45, 7) is 0. The molecule has 2 aliphatic heterocycles. The predicted molar refractivity (Wildman–Crippen MR) is 79.4 cm³/mol. The number of piperidine rings is 1. The second-order valence-electron chi connectivity index (χ2n) is 6.02. The first-order valence-corrected chi connectivity index (χ1v) is 7.37. The summed E-state index contributed by atoms with van der Waals surface area (Å²) in [6.07, 6.45) is 6.10. The van der Waals surface area contributed by atoms with Crippen LogP contribution >= 0.6 is 0 Å². The average molecular weight is 271 g/mol. The lowest BCUT2D eigenvalue weighted by molar-refractivity contribution is -0.131. The number of carbonyl (C=O) groups is 1. The molecule has 2 atom stereocenters. The molecular formula is C17H21NO2. The fraction of sp³-hybridized carbons (Fsp3) is 0.471. The van der Waals surface area contributed by atoms with Crippen LogP contribution < -0.4 is 0 Å². The standard InChI is InChI=1S/C17H21NO2/c1-18-14-7-8-15(18)10-13(9-14)16(11-17(19)20)12-5-3-2-4-6-12/h2-6,11,13-15H,7-10H2,1H3,(H,19,20). The van der Waals surface area contributed by atoms with Crippen molar-refractivity contribution < 1.29 is 9.90 Å². The molecule has 0 saturated carbocycles. The van der Waals surface area contributed by atoms with Crippen molar-refractivity contribution in [3.63, 3.8) is 0 Å². The number of benzene rings is 1. The normalized spacial score (nSPS) is 30.4. The van der Waals surface area contributed by atoms with E-state index >= 15 is 0 Å². The first kappa shape index (κ1) is 13.4. The van der Waals surface area contributed by atoms with Gasteiger partial charge in [0.2, 0.25) is 0 Å². The molecule has 2 unspecified atom stereocenters. The van der Waals surface area contributed by atoms with Gasteiger partial charge in [0.25, 0.3) is 0 Å². The minimum Gasteiger partial charge on any atom is -0.478 e. The van der Waals surface area contributed by atoms with Crippen LogP contribution in [0.15, 0.2) is 36.4 Å². The molecule has 2 saturated heterocycles. The number of nitrogens with zero attached hydrogens (tertiary/aromatic N) is 1. The Morgan fingerprint density at radius 2 is 1.80 bits per heavy atom. The Morgan fingerprint density at radius 1 is 1.20 bits per heavy atom. The molecule has 0 radical (unpaired) electrons. The zero-order valence-corrected chi connectivity index (χ0v) is 11.8. The average Bonchev–Trinajstić information content (AvgIpc) is 2.67. The Hall–Kier alpha value is -1.61. The zero-order chi connectivity index (χ0) is 14.1. The largest absolute Gasteiger partial charge is 0.478 e. The Morgan fingerprint density at radius 3 is 2.35 bits per heavy atom. The van der Waals surface area contributed by atoms with Crippen molar-refractivity contribution >= 4 is 11.5 Å². The van der Waals surface area contributed by atoms with Gasteiger partial charge in [0.15, 0.2) is 0 Å². The molecule has 0 aromatic heterocycles. The second-order valence-corrected chi connectivity index (χ2v) is 6.02. The molecule has 1 aromatic rings. The smallest absolute Gasteiger partial charge is 0.328 e. The van der Waals surface area contributed by atoms with Gasteiger partial charge in [-0.2, -0.15) is 0 Å². The lowest BCUT2D eigenvalue weighted by Gasteiger charge is -2.37. The van der Waals surface area contributed by atoms with Crippen molar-refractivity contribution in [2.75, 3.05) is 7.05 Å². The SMILES string of the molecule is CN1C2CCC1CC(C(=CC(=O)O)c1ccccc1)C2. The van der Waals surface area contributed by atoms with E-state index in [4.69, 9.17) is 0 Å². The molecule has 20 heavy (non-hydrogen) atoms. The highest BCUT2D eigenvalue weighted by Crippen LogP contribution is 2.42. The van der Waals surface area contributed by atoms with Crippen LogP contribution in [-0.2, 0) is 4.79 Å². The minimum absolute atomic E-state index is 0.377. The van der Waals surface area contributed by atoms with Crippen LogP contribution in [0, 0.1) is 5.92 Å². The van der Waals surface area contributed by atoms with Crippen molar-refractivity contribution in [3.05, 3.63) is 42.0 Å². The van der Waals surface area contributed by atoms with E-state index in [0.717, 1.165) is 24.0 Å². The number of carboxylic acid groups (broad SMARTS) is 1. The molecule has 3 nitrogen and oxygen atoms in total. The number of allylic oxidation sites excluding steroid dienone is 1. The summed E-state index contributed by atoms with van der Waals surface area (Å²) in [7, 11) is 2.21. The molecule has 2 heterocycles. The molecule has 2 fully saturated rings. The van der Waals surface area contributed by atoms with Gasteiger partial charge < -0.3 is 10.0 Å². The number of hydrogen-bond acceptors (Lipinski definition) is 2. The fourth-order valence-corrected chi connectivity index (χ4v) is 3.87. The Labute approximate surface area is 119 Å². The first-order chi connectivity index (χ1) is 9.65. The summed E-state index contributed by atoms with van der Waals surface area (Å²) in [6, 6.07) is 11.2. The quantitative estimate of drug-likeness (QED) is 0.859. The summed E-state index contributed by atoms with van der Waals surface area (Å²) in [4.78, 5) is 13.7. The van der Waals surface area contributed by atoms with E-state index in [1.165, 1.54) is 18.9 Å². The summed E-state index contributed by atoms with van der Waals surface area (Å²) in [5.74, 6) is -0.461. The van der Waals surface area contributed by atoms with Crippen LogP contribution in [0.5, 0.6) is 0 Å². The van der Waals surface area contributed by atoms with E-state index < -0.39 is 5.97 Å². The van der Waals surface area contributed by atoms with Crippen LogP contribution in [0.4, 0.5) is 0 Å². The Balaban J connectivity index is 1.90. The van der Waals surface area contributed by atoms with E-state index in [2.05, 4.69) is 11.9 Å². The third-order valence-electron chi connectivity index (χ3n) is 4.92. The van der Waals surface area contributed by atoms with Gasteiger partial charge in [-0.15, -0.1) is 0 Å². The monoisotopic (exact) mass is 271 g/mol. The van der Waals surface area contributed by atoms with Crippen LogP contribution in [0.2, 0.25) is 0 Å². The van der Waals surface area contributed by atoms with E-state index in [0.29, 0.717) is 18.0 Å². The van der Waals surface area contributed by atoms with Gasteiger partial charge >= 0.3 is 5.97 Å². The van der Waals surface area contributed by atoms with Gasteiger partial charge in [0.1, 0.15) is 0 Å². The number of carboxylic acids is 1. The van der Waals surface area contributed by atoms with Crippen LogP contribution in [0.1, 0.15) is 31.2 Å². The minimum atomic E-state index is -0.838.